The lowest BCUT2D eigenvalue weighted by molar-refractivity contribution is -0.383. The molecule has 0 bridgehead atoms. The molecule has 1 aliphatic heterocycles. The zero-order valence-corrected chi connectivity index (χ0v) is 14.1. The molecule has 1 aromatic heterocycles. The highest BCUT2D eigenvalue weighted by Crippen LogP contribution is 2.32. The molecule has 2 heterocycles. The van der Waals surface area contributed by atoms with Crippen LogP contribution < -0.4 is 4.90 Å². The van der Waals surface area contributed by atoms with E-state index in [4.69, 9.17) is 4.74 Å². The molecule has 0 radical (unpaired) electrons. The molecule has 1 fully saturated rings. The Morgan fingerprint density at radius 1 is 1.29 bits per heavy atom. The number of methoxy groups -OCH3 is 1. The van der Waals surface area contributed by atoms with Crippen LogP contribution in [-0.4, -0.2) is 61.2 Å². The van der Waals surface area contributed by atoms with E-state index in [2.05, 4.69) is 14.8 Å². The first-order valence-corrected chi connectivity index (χ1v) is 8.11. The molecule has 0 N–H and O–H groups in total. The maximum absolute atomic E-state index is 11.3. The number of para-hydroxylation sites is 1. The number of nitrogens with zero attached hydrogens (tertiary/aromatic N) is 4. The summed E-state index contributed by atoms with van der Waals surface area (Å²) in [5.41, 5.74) is 2.37. The number of ether oxygens (including phenoxy) is 1. The summed E-state index contributed by atoms with van der Waals surface area (Å²) in [7, 11) is 1.72. The first-order valence-electron chi connectivity index (χ1n) is 8.11. The van der Waals surface area contributed by atoms with Crippen molar-refractivity contribution in [2.75, 3.05) is 51.3 Å². The number of anilines is 1. The summed E-state index contributed by atoms with van der Waals surface area (Å²) in [6, 6.07) is 7.19. The monoisotopic (exact) mass is 330 g/mol. The van der Waals surface area contributed by atoms with Crippen molar-refractivity contribution in [2.45, 2.75) is 6.92 Å². The Morgan fingerprint density at radius 2 is 2.04 bits per heavy atom. The van der Waals surface area contributed by atoms with Gasteiger partial charge in [-0.05, 0) is 13.0 Å². The summed E-state index contributed by atoms with van der Waals surface area (Å²) < 4.78 is 5.14. The van der Waals surface area contributed by atoms with Gasteiger partial charge in [0, 0.05) is 62.7 Å². The Morgan fingerprint density at radius 3 is 2.71 bits per heavy atom. The minimum atomic E-state index is -0.360. The third-order valence-electron chi connectivity index (χ3n) is 4.45. The number of rotatable bonds is 5. The Kier molecular flexibility index (Phi) is 4.92. The van der Waals surface area contributed by atoms with Gasteiger partial charge in [0.05, 0.1) is 11.5 Å². The van der Waals surface area contributed by atoms with E-state index in [9.17, 15) is 10.1 Å². The highest BCUT2D eigenvalue weighted by Gasteiger charge is 2.21. The fourth-order valence-electron chi connectivity index (χ4n) is 3.18. The maximum atomic E-state index is 11.3. The molecular formula is C17H22N4O3. The molecule has 0 unspecified atom stereocenters. The van der Waals surface area contributed by atoms with Crippen molar-refractivity contribution in [3.05, 3.63) is 40.1 Å². The Bertz CT molecular complexity index is 742. The summed E-state index contributed by atoms with van der Waals surface area (Å²) in [4.78, 5) is 20.0. The Hall–Kier alpha value is -2.25. The lowest BCUT2D eigenvalue weighted by Gasteiger charge is -2.36. The molecule has 1 aliphatic rings. The molecule has 0 atom stereocenters. The number of pyridine rings is 1. The largest absolute Gasteiger partial charge is 0.383 e. The molecule has 2 aromatic rings. The van der Waals surface area contributed by atoms with E-state index in [1.807, 2.05) is 19.1 Å². The van der Waals surface area contributed by atoms with Gasteiger partial charge in [0.2, 0.25) is 0 Å². The second-order valence-electron chi connectivity index (χ2n) is 6.03. The van der Waals surface area contributed by atoms with Crippen molar-refractivity contribution in [1.82, 2.24) is 9.88 Å². The fourth-order valence-corrected chi connectivity index (χ4v) is 3.18. The van der Waals surface area contributed by atoms with Crippen LogP contribution in [0.25, 0.3) is 10.9 Å². The standard InChI is InChI=1S/C17H22N4O3/c1-13-12-16(20-8-6-19(7-9-20)10-11-24-2)14-4-3-5-15(21(22)23)17(14)18-13/h3-5,12H,6-11H2,1-2H3. The average Bonchev–Trinajstić information content (AvgIpc) is 2.59. The number of piperazine rings is 1. The minimum absolute atomic E-state index is 0.0659. The lowest BCUT2D eigenvalue weighted by Crippen LogP contribution is -2.47. The SMILES string of the molecule is COCCN1CCN(c2cc(C)nc3c([N+](=O)[O-])cccc23)CC1. The third-order valence-corrected chi connectivity index (χ3v) is 4.45. The number of fused-ring (bicyclic) bond motifs is 1. The smallest absolute Gasteiger partial charge is 0.295 e. The number of benzene rings is 1. The quantitative estimate of drug-likeness (QED) is 0.618. The van der Waals surface area contributed by atoms with Gasteiger partial charge in [-0.25, -0.2) is 4.98 Å². The second kappa shape index (κ2) is 7.11. The van der Waals surface area contributed by atoms with Gasteiger partial charge in [0.1, 0.15) is 0 Å². The van der Waals surface area contributed by atoms with Crippen molar-refractivity contribution in [1.29, 1.82) is 0 Å². The molecule has 0 aliphatic carbocycles. The lowest BCUT2D eigenvalue weighted by atomic mass is 10.1. The number of nitro groups is 1. The van der Waals surface area contributed by atoms with Gasteiger partial charge in [-0.3, -0.25) is 15.0 Å². The van der Waals surface area contributed by atoms with E-state index in [0.717, 1.165) is 56.1 Å². The van der Waals surface area contributed by atoms with Gasteiger partial charge in [-0.2, -0.15) is 0 Å². The van der Waals surface area contributed by atoms with Gasteiger partial charge >= 0.3 is 0 Å². The molecule has 7 nitrogen and oxygen atoms in total. The van der Waals surface area contributed by atoms with E-state index >= 15 is 0 Å². The van der Waals surface area contributed by atoms with Crippen LogP contribution >= 0.6 is 0 Å². The summed E-state index contributed by atoms with van der Waals surface area (Å²) in [6.45, 7) is 7.27. The number of non-ortho nitro benzene ring substituents is 1. The van der Waals surface area contributed by atoms with E-state index in [1.54, 1.807) is 13.2 Å². The molecule has 128 valence electrons. The van der Waals surface area contributed by atoms with Crippen LogP contribution in [0.3, 0.4) is 0 Å². The molecule has 24 heavy (non-hydrogen) atoms. The number of nitro benzene ring substituents is 1. The van der Waals surface area contributed by atoms with E-state index in [1.165, 1.54) is 6.07 Å². The molecule has 1 saturated heterocycles. The molecule has 1 aromatic carbocycles. The van der Waals surface area contributed by atoms with Gasteiger partial charge < -0.3 is 9.64 Å². The van der Waals surface area contributed by atoms with E-state index < -0.39 is 0 Å². The summed E-state index contributed by atoms with van der Waals surface area (Å²) >= 11 is 0. The maximum Gasteiger partial charge on any atom is 0.295 e. The van der Waals surface area contributed by atoms with Crippen LogP contribution in [-0.2, 0) is 4.74 Å². The highest BCUT2D eigenvalue weighted by atomic mass is 16.6. The average molecular weight is 330 g/mol. The van der Waals surface area contributed by atoms with Crippen molar-refractivity contribution >= 4 is 22.3 Å². The minimum Gasteiger partial charge on any atom is -0.383 e. The highest BCUT2D eigenvalue weighted by molar-refractivity contribution is 5.97. The molecule has 7 heteroatoms. The topological polar surface area (TPSA) is 71.7 Å². The Balaban J connectivity index is 1.90. The first-order chi connectivity index (χ1) is 11.6. The zero-order chi connectivity index (χ0) is 17.1. The van der Waals surface area contributed by atoms with Crippen LogP contribution in [0.1, 0.15) is 5.69 Å². The third kappa shape index (κ3) is 3.32. The number of hydrogen-bond acceptors (Lipinski definition) is 6. The zero-order valence-electron chi connectivity index (χ0n) is 14.1. The molecule has 0 saturated carbocycles. The summed E-state index contributed by atoms with van der Waals surface area (Å²) in [5, 5.41) is 12.1. The number of aromatic nitrogens is 1. The van der Waals surface area contributed by atoms with Crippen molar-refractivity contribution < 1.29 is 9.66 Å². The number of hydrogen-bond donors (Lipinski definition) is 0. The van der Waals surface area contributed by atoms with Gasteiger partial charge in [-0.15, -0.1) is 0 Å². The van der Waals surface area contributed by atoms with Crippen LogP contribution in [0.2, 0.25) is 0 Å². The van der Waals surface area contributed by atoms with E-state index in [-0.39, 0.29) is 10.6 Å². The summed E-state index contributed by atoms with van der Waals surface area (Å²) in [5.74, 6) is 0. The van der Waals surface area contributed by atoms with Crippen LogP contribution in [0.5, 0.6) is 0 Å². The molecule has 3 rings (SSSR count). The van der Waals surface area contributed by atoms with Gasteiger partial charge in [0.15, 0.2) is 5.52 Å². The molecular weight excluding hydrogens is 308 g/mol. The van der Waals surface area contributed by atoms with Crippen molar-refractivity contribution in [3.63, 3.8) is 0 Å². The van der Waals surface area contributed by atoms with Crippen molar-refractivity contribution in [2.24, 2.45) is 0 Å². The second-order valence-corrected chi connectivity index (χ2v) is 6.03. The number of aryl methyl sites for hydroxylation is 1. The normalized spacial score (nSPS) is 15.8. The first kappa shape index (κ1) is 16.6. The molecule has 0 spiro atoms. The molecule has 0 amide bonds. The van der Waals surface area contributed by atoms with Crippen LogP contribution in [0.15, 0.2) is 24.3 Å². The van der Waals surface area contributed by atoms with E-state index in [0.29, 0.717) is 5.52 Å². The van der Waals surface area contributed by atoms with Gasteiger partial charge in [-0.1, -0.05) is 12.1 Å². The predicted octanol–water partition coefficient (Wildman–Crippen LogP) is 2.22. The van der Waals surface area contributed by atoms with Crippen molar-refractivity contribution in [3.8, 4) is 0 Å². The summed E-state index contributed by atoms with van der Waals surface area (Å²) in [6.07, 6.45) is 0. The van der Waals surface area contributed by atoms with Crippen LogP contribution in [0.4, 0.5) is 11.4 Å². The Labute approximate surface area is 141 Å². The predicted molar refractivity (Wildman–Crippen MR) is 93.7 cm³/mol. The van der Waals surface area contributed by atoms with Crippen LogP contribution in [0, 0.1) is 17.0 Å². The fraction of sp³-hybridized carbons (Fsp3) is 0.471. The van der Waals surface area contributed by atoms with Gasteiger partial charge in [0.25, 0.3) is 5.69 Å².